The Balaban J connectivity index is 2.13. The molecule has 1 aromatic heterocycles. The van der Waals surface area contributed by atoms with Crippen LogP contribution in [0.2, 0.25) is 18.1 Å². The lowest BCUT2D eigenvalue weighted by molar-refractivity contribution is -0.140. The molecule has 1 aromatic carbocycles. The van der Waals surface area contributed by atoms with Crippen molar-refractivity contribution in [1.29, 1.82) is 0 Å². The third kappa shape index (κ3) is 8.01. The van der Waals surface area contributed by atoms with Gasteiger partial charge in [0.15, 0.2) is 8.32 Å². The van der Waals surface area contributed by atoms with E-state index in [1.807, 2.05) is 23.6 Å². The Hall–Kier alpha value is -1.98. The van der Waals surface area contributed by atoms with Crippen molar-refractivity contribution in [3.8, 4) is 5.75 Å². The molecule has 0 unspecified atom stereocenters. The number of sulfonamides is 1. The zero-order valence-electron chi connectivity index (χ0n) is 21.7. The standard InChI is InChI=1S/C25H37NO6S2Si/c1-25(2,3)35(6,7)32-17-8-9-20-15-18-33-23(20)14-16-26(19-24(27)31-5)34(28,29)22-12-10-21(30-4)11-13-22/h8-13,15,18H,14,16-17,19H2,1-7H3. The maximum Gasteiger partial charge on any atom is 0.321 e. The van der Waals surface area contributed by atoms with Gasteiger partial charge in [0.05, 0.1) is 25.7 Å². The van der Waals surface area contributed by atoms with Crippen LogP contribution < -0.4 is 4.74 Å². The summed E-state index contributed by atoms with van der Waals surface area (Å²) in [6.07, 6.45) is 4.49. The lowest BCUT2D eigenvalue weighted by Gasteiger charge is -2.35. The van der Waals surface area contributed by atoms with Crippen LogP contribution in [0.15, 0.2) is 46.7 Å². The van der Waals surface area contributed by atoms with Crippen LogP contribution in [-0.2, 0) is 30.4 Å². The summed E-state index contributed by atoms with van der Waals surface area (Å²) in [4.78, 5) is 13.1. The summed E-state index contributed by atoms with van der Waals surface area (Å²) >= 11 is 1.56. The highest BCUT2D eigenvalue weighted by molar-refractivity contribution is 7.89. The summed E-state index contributed by atoms with van der Waals surface area (Å²) in [6, 6.07) is 8.11. The SMILES string of the molecule is COC(=O)CN(CCc1sccc1C=CCO[Si](C)(C)C(C)(C)C)S(=O)(=O)c1ccc(OC)cc1. The van der Waals surface area contributed by atoms with E-state index in [0.717, 1.165) is 14.7 Å². The number of esters is 1. The van der Waals surface area contributed by atoms with Crippen LogP contribution in [0.4, 0.5) is 0 Å². The van der Waals surface area contributed by atoms with E-state index in [-0.39, 0.29) is 23.0 Å². The van der Waals surface area contributed by atoms with Crippen LogP contribution >= 0.6 is 11.3 Å². The molecule has 7 nitrogen and oxygen atoms in total. The van der Waals surface area contributed by atoms with E-state index in [9.17, 15) is 13.2 Å². The second-order valence-electron chi connectivity index (χ2n) is 9.61. The predicted molar refractivity (Wildman–Crippen MR) is 144 cm³/mol. The fraction of sp³-hybridized carbons (Fsp3) is 0.480. The molecule has 0 bridgehead atoms. The van der Waals surface area contributed by atoms with Gasteiger partial charge in [0, 0.05) is 11.4 Å². The summed E-state index contributed by atoms with van der Waals surface area (Å²) in [5.41, 5.74) is 1.02. The van der Waals surface area contributed by atoms with Gasteiger partial charge in [-0.3, -0.25) is 4.79 Å². The van der Waals surface area contributed by atoms with Crippen LogP contribution in [0.25, 0.3) is 6.08 Å². The normalized spacial score (nSPS) is 12.9. The Bertz CT molecular complexity index is 1100. The van der Waals surface area contributed by atoms with Crippen molar-refractivity contribution in [2.45, 2.75) is 50.2 Å². The number of carbonyl (C=O) groups excluding carboxylic acids is 1. The molecular formula is C25H37NO6S2Si. The molecule has 35 heavy (non-hydrogen) atoms. The van der Waals surface area contributed by atoms with Crippen molar-refractivity contribution >= 4 is 41.7 Å². The highest BCUT2D eigenvalue weighted by atomic mass is 32.2. The van der Waals surface area contributed by atoms with Gasteiger partial charge >= 0.3 is 5.97 Å². The second-order valence-corrected chi connectivity index (χ2v) is 17.4. The minimum absolute atomic E-state index is 0.0938. The molecule has 1 heterocycles. The predicted octanol–water partition coefficient (Wildman–Crippen LogP) is 5.20. The lowest BCUT2D eigenvalue weighted by Crippen LogP contribution is -2.40. The average molecular weight is 540 g/mol. The minimum Gasteiger partial charge on any atom is -0.497 e. The van der Waals surface area contributed by atoms with Gasteiger partial charge in [-0.15, -0.1) is 11.3 Å². The first kappa shape index (κ1) is 29.2. The summed E-state index contributed by atoms with van der Waals surface area (Å²) < 4.78 is 43.8. The summed E-state index contributed by atoms with van der Waals surface area (Å²) in [5.74, 6) is -0.0628. The van der Waals surface area contributed by atoms with E-state index in [2.05, 4.69) is 33.9 Å². The van der Waals surface area contributed by atoms with Crippen LogP contribution in [0.1, 0.15) is 31.2 Å². The summed E-state index contributed by atoms with van der Waals surface area (Å²) in [6.45, 7) is 11.4. The molecule has 0 amide bonds. The zero-order valence-corrected chi connectivity index (χ0v) is 24.3. The average Bonchev–Trinajstić information content (AvgIpc) is 3.25. The largest absolute Gasteiger partial charge is 0.497 e. The van der Waals surface area contributed by atoms with E-state index < -0.39 is 24.3 Å². The Morgan fingerprint density at radius 1 is 1.11 bits per heavy atom. The van der Waals surface area contributed by atoms with Gasteiger partial charge in [0.2, 0.25) is 10.0 Å². The first-order valence-electron chi connectivity index (χ1n) is 11.4. The number of thiophene rings is 1. The van der Waals surface area contributed by atoms with Crippen molar-refractivity contribution in [1.82, 2.24) is 4.31 Å². The number of nitrogens with zero attached hydrogens (tertiary/aromatic N) is 1. The van der Waals surface area contributed by atoms with Crippen LogP contribution in [0.5, 0.6) is 5.75 Å². The number of ether oxygens (including phenoxy) is 2. The van der Waals surface area contributed by atoms with Gasteiger partial charge in [0.25, 0.3) is 0 Å². The third-order valence-corrected chi connectivity index (χ3v) is 13.6. The molecular weight excluding hydrogens is 502 g/mol. The maximum absolute atomic E-state index is 13.3. The van der Waals surface area contributed by atoms with Crippen LogP contribution in [0, 0.1) is 0 Å². The maximum atomic E-state index is 13.3. The molecule has 10 heteroatoms. The van der Waals surface area contributed by atoms with Gasteiger partial charge in [-0.25, -0.2) is 8.42 Å². The molecule has 194 valence electrons. The van der Waals surface area contributed by atoms with Crippen molar-refractivity contribution in [2.24, 2.45) is 0 Å². The van der Waals surface area contributed by atoms with Crippen LogP contribution in [-0.4, -0.2) is 60.9 Å². The highest BCUT2D eigenvalue weighted by Crippen LogP contribution is 2.36. The molecule has 0 aliphatic carbocycles. The number of carbonyl (C=O) groups is 1. The van der Waals surface area contributed by atoms with E-state index >= 15 is 0 Å². The summed E-state index contributed by atoms with van der Waals surface area (Å²) in [7, 11) is -2.97. The summed E-state index contributed by atoms with van der Waals surface area (Å²) in [5, 5.41) is 2.12. The molecule has 0 radical (unpaired) electrons. The Labute approximate surface area is 214 Å². The van der Waals surface area contributed by atoms with E-state index in [4.69, 9.17) is 13.9 Å². The number of hydrogen-bond acceptors (Lipinski definition) is 7. The van der Waals surface area contributed by atoms with E-state index in [1.54, 1.807) is 23.5 Å². The number of rotatable bonds is 12. The van der Waals surface area contributed by atoms with E-state index in [0.29, 0.717) is 18.8 Å². The lowest BCUT2D eigenvalue weighted by atomic mass is 10.2. The molecule has 2 rings (SSSR count). The molecule has 0 aliphatic heterocycles. The van der Waals surface area contributed by atoms with Crippen molar-refractivity contribution in [3.63, 3.8) is 0 Å². The minimum atomic E-state index is -3.90. The molecule has 0 fully saturated rings. The third-order valence-electron chi connectivity index (χ3n) is 6.24. The van der Waals surface area contributed by atoms with Crippen molar-refractivity contribution in [3.05, 3.63) is 52.2 Å². The smallest absolute Gasteiger partial charge is 0.321 e. The fourth-order valence-electron chi connectivity index (χ4n) is 2.97. The quantitative estimate of drug-likeness (QED) is 0.272. The molecule has 0 spiro atoms. The Morgan fingerprint density at radius 3 is 2.34 bits per heavy atom. The first-order chi connectivity index (χ1) is 16.3. The molecule has 0 saturated heterocycles. The monoisotopic (exact) mass is 539 g/mol. The second kappa shape index (κ2) is 12.3. The first-order valence-corrected chi connectivity index (χ1v) is 16.6. The van der Waals surface area contributed by atoms with Gasteiger partial charge in [0.1, 0.15) is 12.3 Å². The van der Waals surface area contributed by atoms with Crippen molar-refractivity contribution in [2.75, 3.05) is 33.9 Å². The van der Waals surface area contributed by atoms with Crippen LogP contribution in [0.3, 0.4) is 0 Å². The fourth-order valence-corrected chi connectivity index (χ4v) is 6.16. The van der Waals surface area contributed by atoms with Gasteiger partial charge in [-0.1, -0.05) is 32.9 Å². The Morgan fingerprint density at radius 2 is 1.77 bits per heavy atom. The zero-order chi connectivity index (χ0) is 26.3. The number of benzene rings is 1. The van der Waals surface area contributed by atoms with Gasteiger partial charge in [-0.05, 0) is 65.8 Å². The highest BCUT2D eigenvalue weighted by Gasteiger charge is 2.36. The molecule has 0 saturated carbocycles. The molecule has 0 aliphatic rings. The molecule has 2 aromatic rings. The van der Waals surface area contributed by atoms with Gasteiger partial charge in [-0.2, -0.15) is 4.31 Å². The number of hydrogen-bond donors (Lipinski definition) is 0. The van der Waals surface area contributed by atoms with Gasteiger partial charge < -0.3 is 13.9 Å². The number of methoxy groups -OCH3 is 2. The molecule has 0 atom stereocenters. The molecule has 0 N–H and O–H groups in total. The topological polar surface area (TPSA) is 82.1 Å². The van der Waals surface area contributed by atoms with E-state index in [1.165, 1.54) is 26.4 Å². The Kier molecular flexibility index (Phi) is 10.3. The van der Waals surface area contributed by atoms with Crippen molar-refractivity contribution < 1.29 is 27.1 Å².